The summed E-state index contributed by atoms with van der Waals surface area (Å²) in [4.78, 5) is 2.10. The Morgan fingerprint density at radius 3 is 2.58 bits per heavy atom. The van der Waals surface area contributed by atoms with Gasteiger partial charge < -0.3 is 9.15 Å². The van der Waals surface area contributed by atoms with Crippen LogP contribution < -0.4 is 4.74 Å². The Labute approximate surface area is 162 Å². The molecule has 2 aromatic carbocycles. The lowest BCUT2D eigenvalue weighted by Crippen LogP contribution is -2.24. The van der Waals surface area contributed by atoms with E-state index in [2.05, 4.69) is 63.1 Å². The smallest absolute Gasteiger partial charge is 0.247 e. The number of halogens is 1. The molecule has 0 spiro atoms. The Balaban J connectivity index is 1.51. The molecule has 0 bridgehead atoms. The number of nitrogens with zero attached hydrogens (tertiary/aromatic N) is 3. The Hall–Kier alpha value is -2.18. The molecule has 1 aromatic heterocycles. The van der Waals surface area contributed by atoms with E-state index in [1.54, 1.807) is 0 Å². The number of aryl methyl sites for hydroxylation is 2. The summed E-state index contributed by atoms with van der Waals surface area (Å²) in [5, 5.41) is 8.27. The molecule has 26 heavy (non-hydrogen) atoms. The van der Waals surface area contributed by atoms with Gasteiger partial charge in [-0.05, 0) is 62.4 Å². The third-order valence-corrected chi connectivity index (χ3v) is 4.37. The fourth-order valence-electron chi connectivity index (χ4n) is 2.70. The van der Waals surface area contributed by atoms with Crippen LogP contribution in [-0.2, 0) is 6.54 Å². The van der Waals surface area contributed by atoms with Gasteiger partial charge in [0.15, 0.2) is 0 Å². The van der Waals surface area contributed by atoms with Crippen molar-refractivity contribution in [1.82, 2.24) is 15.1 Å². The van der Waals surface area contributed by atoms with Crippen molar-refractivity contribution in [3.05, 3.63) is 64.0 Å². The highest BCUT2D eigenvalue weighted by Crippen LogP contribution is 2.22. The molecule has 3 aromatic rings. The molecule has 0 radical (unpaired) electrons. The summed E-state index contributed by atoms with van der Waals surface area (Å²) in [5.74, 6) is 2.03. The summed E-state index contributed by atoms with van der Waals surface area (Å²) >= 11 is 3.45. The quantitative estimate of drug-likeness (QED) is 0.562. The van der Waals surface area contributed by atoms with E-state index in [1.807, 2.05) is 31.3 Å². The lowest BCUT2D eigenvalue weighted by atomic mass is 10.1. The highest BCUT2D eigenvalue weighted by atomic mass is 79.9. The van der Waals surface area contributed by atoms with Gasteiger partial charge in [0.1, 0.15) is 12.4 Å². The first-order valence-electron chi connectivity index (χ1n) is 8.47. The fourth-order valence-corrected chi connectivity index (χ4v) is 3.10. The molecule has 0 fully saturated rings. The largest absolute Gasteiger partial charge is 0.492 e. The number of ether oxygens (including phenoxy) is 1. The topological polar surface area (TPSA) is 51.4 Å². The maximum atomic E-state index is 5.85. The minimum absolute atomic E-state index is 0.529. The minimum atomic E-state index is 0.529. The van der Waals surface area contributed by atoms with Gasteiger partial charge in [-0.25, -0.2) is 0 Å². The fraction of sp³-hybridized carbons (Fsp3) is 0.300. The molecule has 0 unspecified atom stereocenters. The van der Waals surface area contributed by atoms with E-state index in [-0.39, 0.29) is 0 Å². The van der Waals surface area contributed by atoms with E-state index in [9.17, 15) is 0 Å². The van der Waals surface area contributed by atoms with Gasteiger partial charge >= 0.3 is 0 Å². The molecule has 0 N–H and O–H groups in total. The molecule has 0 aliphatic heterocycles. The summed E-state index contributed by atoms with van der Waals surface area (Å²) in [5.41, 5.74) is 3.32. The number of likely N-dealkylation sites (N-methyl/N-ethyl adjacent to an activating group) is 1. The molecular weight excluding hydrogens is 394 g/mol. The zero-order valence-electron chi connectivity index (χ0n) is 15.2. The Morgan fingerprint density at radius 1 is 1.08 bits per heavy atom. The van der Waals surface area contributed by atoms with Crippen LogP contribution in [0.3, 0.4) is 0 Å². The lowest BCUT2D eigenvalue weighted by Gasteiger charge is -2.15. The number of hydrogen-bond acceptors (Lipinski definition) is 5. The normalized spacial score (nSPS) is 11.1. The van der Waals surface area contributed by atoms with Gasteiger partial charge in [0, 0.05) is 16.6 Å². The molecule has 0 atom stereocenters. The second kappa shape index (κ2) is 8.47. The first-order valence-corrected chi connectivity index (χ1v) is 9.27. The van der Waals surface area contributed by atoms with Crippen molar-refractivity contribution in [2.45, 2.75) is 20.4 Å². The van der Waals surface area contributed by atoms with Crippen LogP contribution in [0, 0.1) is 13.8 Å². The summed E-state index contributed by atoms with van der Waals surface area (Å²) in [6.45, 7) is 6.10. The van der Waals surface area contributed by atoms with Gasteiger partial charge in [0.05, 0.1) is 6.54 Å². The van der Waals surface area contributed by atoms with Crippen molar-refractivity contribution in [3.8, 4) is 17.2 Å². The van der Waals surface area contributed by atoms with Gasteiger partial charge in [-0.1, -0.05) is 28.1 Å². The standard InChI is InChI=1S/C20H22BrN3O2/c1-14-9-15(2)11-18(10-14)25-8-7-24(3)13-19-22-23-20(26-19)16-5-4-6-17(21)12-16/h4-6,9-12H,7-8,13H2,1-3H3. The van der Waals surface area contributed by atoms with E-state index < -0.39 is 0 Å². The maximum absolute atomic E-state index is 5.85. The molecule has 0 aliphatic carbocycles. The van der Waals surface area contributed by atoms with Crippen LogP contribution in [0.5, 0.6) is 5.75 Å². The van der Waals surface area contributed by atoms with Crippen LogP contribution >= 0.6 is 15.9 Å². The van der Waals surface area contributed by atoms with Gasteiger partial charge in [0.2, 0.25) is 11.8 Å². The molecule has 6 heteroatoms. The highest BCUT2D eigenvalue weighted by molar-refractivity contribution is 9.10. The first kappa shape index (κ1) is 18.6. The number of benzene rings is 2. The minimum Gasteiger partial charge on any atom is -0.492 e. The molecule has 0 amide bonds. The third kappa shape index (κ3) is 5.16. The SMILES string of the molecule is Cc1cc(C)cc(OCCN(C)Cc2nnc(-c3cccc(Br)c3)o2)c1. The average molecular weight is 416 g/mol. The summed E-state index contributed by atoms with van der Waals surface area (Å²) in [6, 6.07) is 14.0. The van der Waals surface area contributed by atoms with Crippen molar-refractivity contribution >= 4 is 15.9 Å². The molecule has 1 heterocycles. The second-order valence-electron chi connectivity index (χ2n) is 6.42. The third-order valence-electron chi connectivity index (χ3n) is 3.88. The Bertz CT molecular complexity index is 859. The van der Waals surface area contributed by atoms with Gasteiger partial charge in [-0.15, -0.1) is 10.2 Å². The molecule has 0 saturated heterocycles. The van der Waals surface area contributed by atoms with Gasteiger partial charge in [-0.3, -0.25) is 4.90 Å². The van der Waals surface area contributed by atoms with Crippen LogP contribution in [-0.4, -0.2) is 35.3 Å². The maximum Gasteiger partial charge on any atom is 0.247 e. The second-order valence-corrected chi connectivity index (χ2v) is 7.34. The van der Waals surface area contributed by atoms with Gasteiger partial charge in [-0.2, -0.15) is 0 Å². The van der Waals surface area contributed by atoms with E-state index in [0.717, 1.165) is 22.3 Å². The molecular formula is C20H22BrN3O2. The van der Waals surface area contributed by atoms with E-state index >= 15 is 0 Å². The zero-order chi connectivity index (χ0) is 18.5. The van der Waals surface area contributed by atoms with E-state index in [0.29, 0.717) is 24.9 Å². The predicted molar refractivity (Wildman–Crippen MR) is 105 cm³/mol. The van der Waals surface area contributed by atoms with Crippen LogP contribution in [0.15, 0.2) is 51.4 Å². The summed E-state index contributed by atoms with van der Waals surface area (Å²) in [6.07, 6.45) is 0. The van der Waals surface area contributed by atoms with Crippen LogP contribution in [0.2, 0.25) is 0 Å². The Morgan fingerprint density at radius 2 is 1.85 bits per heavy atom. The van der Waals surface area contributed by atoms with Crippen LogP contribution in [0.25, 0.3) is 11.5 Å². The van der Waals surface area contributed by atoms with Crippen molar-refractivity contribution in [1.29, 1.82) is 0 Å². The lowest BCUT2D eigenvalue weighted by molar-refractivity contribution is 0.220. The molecule has 3 rings (SSSR count). The van der Waals surface area contributed by atoms with Crippen molar-refractivity contribution in [3.63, 3.8) is 0 Å². The van der Waals surface area contributed by atoms with Crippen LogP contribution in [0.4, 0.5) is 0 Å². The van der Waals surface area contributed by atoms with E-state index in [1.165, 1.54) is 11.1 Å². The first-order chi connectivity index (χ1) is 12.5. The van der Waals surface area contributed by atoms with Crippen LogP contribution in [0.1, 0.15) is 17.0 Å². The number of rotatable bonds is 7. The predicted octanol–water partition coefficient (Wildman–Crippen LogP) is 4.63. The zero-order valence-corrected chi connectivity index (χ0v) is 16.8. The summed E-state index contributed by atoms with van der Waals surface area (Å²) in [7, 11) is 2.01. The van der Waals surface area contributed by atoms with Crippen molar-refractivity contribution in [2.75, 3.05) is 20.2 Å². The monoisotopic (exact) mass is 415 g/mol. The molecule has 5 nitrogen and oxygen atoms in total. The van der Waals surface area contributed by atoms with Gasteiger partial charge in [0.25, 0.3) is 0 Å². The van der Waals surface area contributed by atoms with E-state index in [4.69, 9.17) is 9.15 Å². The highest BCUT2D eigenvalue weighted by Gasteiger charge is 2.11. The molecule has 136 valence electrons. The number of aromatic nitrogens is 2. The molecule has 0 saturated carbocycles. The van der Waals surface area contributed by atoms with Crippen molar-refractivity contribution < 1.29 is 9.15 Å². The Kier molecular flexibility index (Phi) is 6.06. The van der Waals surface area contributed by atoms with Crippen molar-refractivity contribution in [2.24, 2.45) is 0 Å². The average Bonchev–Trinajstić information content (AvgIpc) is 3.02. The molecule has 0 aliphatic rings. The number of hydrogen-bond donors (Lipinski definition) is 0. The summed E-state index contributed by atoms with van der Waals surface area (Å²) < 4.78 is 12.6.